The lowest BCUT2D eigenvalue weighted by molar-refractivity contribution is 0.509. The average molecular weight is 290 g/mol. The largest absolute Gasteiger partial charge is 0.348 e. The molecule has 2 rings (SSSR count). The number of thiocarbonyl (C=S) groups is 1. The molecule has 0 radical (unpaired) electrons. The van der Waals surface area contributed by atoms with Crippen LogP contribution in [0.1, 0.15) is 16.7 Å². The lowest BCUT2D eigenvalue weighted by Gasteiger charge is -2.21. The van der Waals surface area contributed by atoms with E-state index in [0.29, 0.717) is 0 Å². The van der Waals surface area contributed by atoms with Crippen molar-refractivity contribution in [2.75, 3.05) is 12.4 Å². The van der Waals surface area contributed by atoms with Gasteiger partial charge in [0.2, 0.25) is 0 Å². The molecule has 19 heavy (non-hydrogen) atoms. The Morgan fingerprint density at radius 1 is 1.32 bits per heavy atom. The molecule has 1 aromatic carbocycles. The summed E-state index contributed by atoms with van der Waals surface area (Å²) in [5.74, 6) is 0. The highest BCUT2D eigenvalue weighted by Crippen LogP contribution is 2.18. The van der Waals surface area contributed by atoms with E-state index >= 15 is 0 Å². The number of anilines is 1. The SMILES string of the molecule is Cc1cccc(NC(=S)N(C)Cc2ccsc2)c1C. The Balaban J connectivity index is 2.02. The molecule has 2 aromatic rings. The number of rotatable bonds is 3. The van der Waals surface area contributed by atoms with E-state index in [0.717, 1.165) is 17.3 Å². The first kappa shape index (κ1) is 14.0. The summed E-state index contributed by atoms with van der Waals surface area (Å²) >= 11 is 7.16. The van der Waals surface area contributed by atoms with Gasteiger partial charge in [-0.1, -0.05) is 12.1 Å². The minimum Gasteiger partial charge on any atom is -0.348 e. The van der Waals surface area contributed by atoms with Crippen molar-refractivity contribution in [2.45, 2.75) is 20.4 Å². The van der Waals surface area contributed by atoms with Crippen LogP contribution in [-0.4, -0.2) is 17.1 Å². The summed E-state index contributed by atoms with van der Waals surface area (Å²) in [5.41, 5.74) is 4.89. The van der Waals surface area contributed by atoms with Crippen molar-refractivity contribution in [1.82, 2.24) is 4.90 Å². The van der Waals surface area contributed by atoms with Crippen molar-refractivity contribution in [3.63, 3.8) is 0 Å². The van der Waals surface area contributed by atoms with Gasteiger partial charge in [-0.3, -0.25) is 0 Å². The molecule has 4 heteroatoms. The maximum Gasteiger partial charge on any atom is 0.173 e. The number of hydrogen-bond donors (Lipinski definition) is 1. The predicted molar refractivity (Wildman–Crippen MR) is 87.9 cm³/mol. The van der Waals surface area contributed by atoms with E-state index in [2.05, 4.69) is 53.0 Å². The maximum atomic E-state index is 5.45. The average Bonchev–Trinajstić information content (AvgIpc) is 2.87. The van der Waals surface area contributed by atoms with Crippen LogP contribution in [0.3, 0.4) is 0 Å². The van der Waals surface area contributed by atoms with Gasteiger partial charge >= 0.3 is 0 Å². The van der Waals surface area contributed by atoms with Crippen LogP contribution in [0.25, 0.3) is 0 Å². The molecule has 1 N–H and O–H groups in total. The van der Waals surface area contributed by atoms with Crippen LogP contribution in [0, 0.1) is 13.8 Å². The molecule has 0 saturated carbocycles. The van der Waals surface area contributed by atoms with Crippen LogP contribution in [0.2, 0.25) is 0 Å². The van der Waals surface area contributed by atoms with Gasteiger partial charge in [0.1, 0.15) is 0 Å². The minimum absolute atomic E-state index is 0.750. The first-order valence-corrected chi connectivity index (χ1v) is 7.52. The van der Waals surface area contributed by atoms with Gasteiger partial charge in [-0.15, -0.1) is 0 Å². The molecule has 0 atom stereocenters. The Kier molecular flexibility index (Phi) is 4.56. The van der Waals surface area contributed by atoms with Crippen molar-refractivity contribution in [1.29, 1.82) is 0 Å². The molecular formula is C15H18N2S2. The van der Waals surface area contributed by atoms with E-state index in [4.69, 9.17) is 12.2 Å². The van der Waals surface area contributed by atoms with Gasteiger partial charge in [0.15, 0.2) is 5.11 Å². The number of nitrogens with zero attached hydrogens (tertiary/aromatic N) is 1. The number of nitrogens with one attached hydrogen (secondary N) is 1. The molecule has 1 aromatic heterocycles. The molecule has 0 aliphatic carbocycles. The summed E-state index contributed by atoms with van der Waals surface area (Å²) in [6, 6.07) is 8.35. The van der Waals surface area contributed by atoms with Crippen molar-refractivity contribution < 1.29 is 0 Å². The molecule has 0 fully saturated rings. The van der Waals surface area contributed by atoms with Crippen molar-refractivity contribution in [2.24, 2.45) is 0 Å². The van der Waals surface area contributed by atoms with Gasteiger partial charge in [0, 0.05) is 19.3 Å². The molecule has 0 bridgehead atoms. The minimum atomic E-state index is 0.750. The van der Waals surface area contributed by atoms with E-state index in [-0.39, 0.29) is 0 Å². The lowest BCUT2D eigenvalue weighted by Crippen LogP contribution is -2.30. The maximum absolute atomic E-state index is 5.45. The fraction of sp³-hybridized carbons (Fsp3) is 0.267. The van der Waals surface area contributed by atoms with Crippen LogP contribution in [0.5, 0.6) is 0 Å². The second-order valence-corrected chi connectivity index (χ2v) is 5.83. The monoisotopic (exact) mass is 290 g/mol. The van der Waals surface area contributed by atoms with E-state index in [1.807, 2.05) is 13.1 Å². The van der Waals surface area contributed by atoms with Gasteiger partial charge < -0.3 is 10.2 Å². The molecule has 0 unspecified atom stereocenters. The number of benzene rings is 1. The van der Waals surface area contributed by atoms with Gasteiger partial charge in [0.25, 0.3) is 0 Å². The third-order valence-corrected chi connectivity index (χ3v) is 4.34. The van der Waals surface area contributed by atoms with E-state index in [1.54, 1.807) is 11.3 Å². The summed E-state index contributed by atoms with van der Waals surface area (Å²) < 4.78 is 0. The van der Waals surface area contributed by atoms with Gasteiger partial charge in [-0.25, -0.2) is 0 Å². The third-order valence-electron chi connectivity index (χ3n) is 3.19. The molecule has 0 aliphatic rings. The summed E-state index contributed by atoms with van der Waals surface area (Å²) in [6.07, 6.45) is 0. The van der Waals surface area contributed by atoms with Crippen LogP contribution in [0.4, 0.5) is 5.69 Å². The highest BCUT2D eigenvalue weighted by Gasteiger charge is 2.08. The molecule has 0 spiro atoms. The number of aryl methyl sites for hydroxylation is 1. The number of thiophene rings is 1. The molecule has 100 valence electrons. The molecule has 2 nitrogen and oxygen atoms in total. The first-order chi connectivity index (χ1) is 9.08. The Labute approximate surface area is 124 Å². The second kappa shape index (κ2) is 6.17. The fourth-order valence-electron chi connectivity index (χ4n) is 1.83. The Morgan fingerprint density at radius 2 is 2.11 bits per heavy atom. The zero-order chi connectivity index (χ0) is 13.8. The van der Waals surface area contributed by atoms with Crippen molar-refractivity contribution in [3.05, 3.63) is 51.7 Å². The van der Waals surface area contributed by atoms with Gasteiger partial charge in [-0.05, 0) is 65.6 Å². The quantitative estimate of drug-likeness (QED) is 0.853. The van der Waals surface area contributed by atoms with Crippen LogP contribution in [-0.2, 0) is 6.54 Å². The zero-order valence-corrected chi connectivity index (χ0v) is 13.1. The van der Waals surface area contributed by atoms with E-state index in [1.165, 1.54) is 16.7 Å². The smallest absolute Gasteiger partial charge is 0.173 e. The lowest BCUT2D eigenvalue weighted by atomic mass is 10.1. The van der Waals surface area contributed by atoms with E-state index in [9.17, 15) is 0 Å². The fourth-order valence-corrected chi connectivity index (χ4v) is 2.66. The van der Waals surface area contributed by atoms with Gasteiger partial charge in [0.05, 0.1) is 0 Å². The topological polar surface area (TPSA) is 15.3 Å². The van der Waals surface area contributed by atoms with Crippen LogP contribution in [0.15, 0.2) is 35.0 Å². The molecule has 0 aliphatic heterocycles. The highest BCUT2D eigenvalue weighted by atomic mass is 32.1. The summed E-state index contributed by atoms with van der Waals surface area (Å²) in [4.78, 5) is 2.05. The van der Waals surface area contributed by atoms with Crippen molar-refractivity contribution >= 4 is 34.4 Å². The van der Waals surface area contributed by atoms with Crippen molar-refractivity contribution in [3.8, 4) is 0 Å². The number of hydrogen-bond acceptors (Lipinski definition) is 2. The zero-order valence-electron chi connectivity index (χ0n) is 11.4. The second-order valence-electron chi connectivity index (χ2n) is 4.67. The molecule has 0 amide bonds. The Morgan fingerprint density at radius 3 is 2.79 bits per heavy atom. The van der Waals surface area contributed by atoms with Crippen LogP contribution < -0.4 is 5.32 Å². The summed E-state index contributed by atoms with van der Waals surface area (Å²) in [7, 11) is 2.01. The summed E-state index contributed by atoms with van der Waals surface area (Å²) in [5, 5.41) is 8.31. The Bertz CT molecular complexity index is 562. The predicted octanol–water partition coefficient (Wildman–Crippen LogP) is 4.19. The van der Waals surface area contributed by atoms with Crippen LogP contribution >= 0.6 is 23.6 Å². The third kappa shape index (κ3) is 3.55. The molecular weight excluding hydrogens is 272 g/mol. The first-order valence-electron chi connectivity index (χ1n) is 6.17. The molecule has 1 heterocycles. The summed E-state index contributed by atoms with van der Waals surface area (Å²) in [6.45, 7) is 5.05. The molecule has 0 saturated heterocycles. The standard InChI is InChI=1S/C15H18N2S2/c1-11-5-4-6-14(12(11)2)16-15(18)17(3)9-13-7-8-19-10-13/h4-8,10H,9H2,1-3H3,(H,16,18). The Hall–Kier alpha value is -1.39. The highest BCUT2D eigenvalue weighted by molar-refractivity contribution is 7.80. The normalized spacial score (nSPS) is 10.3. The van der Waals surface area contributed by atoms with Gasteiger partial charge in [-0.2, -0.15) is 11.3 Å². The van der Waals surface area contributed by atoms with E-state index < -0.39 is 0 Å².